The first kappa shape index (κ1) is 15.4. The van der Waals surface area contributed by atoms with Crippen LogP contribution in [0.25, 0.3) is 10.9 Å². The van der Waals surface area contributed by atoms with E-state index in [9.17, 15) is 4.79 Å². The Balaban J connectivity index is 1.65. The summed E-state index contributed by atoms with van der Waals surface area (Å²) in [5.41, 5.74) is 1.92. The minimum Gasteiger partial charge on any atom is -0.381 e. The Bertz CT molecular complexity index is 773. The standard InChI is InChI=1S/C19H23N3O2/c1-21(2)17-11-15(14-5-3-4-6-16(14)20-17)18(23)22-12-19(13-22)7-9-24-10-8-19/h3-6,11H,7-10,12-13H2,1-2H3. The van der Waals surface area contributed by atoms with Gasteiger partial charge in [-0.2, -0.15) is 0 Å². The van der Waals surface area contributed by atoms with Gasteiger partial charge in [-0.15, -0.1) is 0 Å². The highest BCUT2D eigenvalue weighted by Crippen LogP contribution is 2.40. The number of hydrogen-bond acceptors (Lipinski definition) is 4. The number of carbonyl (C=O) groups excluding carboxylic acids is 1. The van der Waals surface area contributed by atoms with Crippen LogP contribution in [0.4, 0.5) is 5.82 Å². The van der Waals surface area contributed by atoms with Crippen molar-refractivity contribution in [1.29, 1.82) is 0 Å². The summed E-state index contributed by atoms with van der Waals surface area (Å²) >= 11 is 0. The molecule has 1 aromatic carbocycles. The van der Waals surface area contributed by atoms with Crippen LogP contribution in [0.15, 0.2) is 30.3 Å². The normalized spacial score (nSPS) is 19.3. The lowest BCUT2D eigenvalue weighted by Crippen LogP contribution is -2.60. The molecule has 2 aromatic rings. The van der Waals surface area contributed by atoms with E-state index in [0.29, 0.717) is 5.41 Å². The van der Waals surface area contributed by atoms with Gasteiger partial charge in [0.05, 0.1) is 11.1 Å². The maximum absolute atomic E-state index is 13.1. The molecule has 2 fully saturated rings. The first-order valence-corrected chi connectivity index (χ1v) is 8.52. The first-order valence-electron chi connectivity index (χ1n) is 8.52. The van der Waals surface area contributed by atoms with Crippen LogP contribution in [0, 0.1) is 5.41 Å². The molecule has 5 nitrogen and oxygen atoms in total. The topological polar surface area (TPSA) is 45.7 Å². The van der Waals surface area contributed by atoms with Gasteiger partial charge in [-0.05, 0) is 25.0 Å². The fourth-order valence-electron chi connectivity index (χ4n) is 3.77. The van der Waals surface area contributed by atoms with Crippen LogP contribution in [-0.2, 0) is 4.74 Å². The van der Waals surface area contributed by atoms with Crippen molar-refractivity contribution in [3.63, 3.8) is 0 Å². The summed E-state index contributed by atoms with van der Waals surface area (Å²) in [5, 5.41) is 0.932. The van der Waals surface area contributed by atoms with Gasteiger partial charge in [0.25, 0.3) is 5.91 Å². The number of anilines is 1. The summed E-state index contributed by atoms with van der Waals surface area (Å²) in [6.07, 6.45) is 2.13. The average Bonchev–Trinajstić information content (AvgIpc) is 2.58. The minimum atomic E-state index is 0.119. The van der Waals surface area contributed by atoms with Crippen LogP contribution in [0.1, 0.15) is 23.2 Å². The van der Waals surface area contributed by atoms with Crippen molar-refractivity contribution in [2.45, 2.75) is 12.8 Å². The van der Waals surface area contributed by atoms with Crippen molar-refractivity contribution in [1.82, 2.24) is 9.88 Å². The van der Waals surface area contributed by atoms with Gasteiger partial charge < -0.3 is 14.5 Å². The Morgan fingerprint density at radius 1 is 1.21 bits per heavy atom. The summed E-state index contributed by atoms with van der Waals surface area (Å²) in [6.45, 7) is 3.35. The fourth-order valence-corrected chi connectivity index (χ4v) is 3.77. The number of pyridine rings is 1. The molecule has 2 saturated heterocycles. The maximum Gasteiger partial charge on any atom is 0.254 e. The molecule has 24 heavy (non-hydrogen) atoms. The van der Waals surface area contributed by atoms with E-state index in [0.717, 1.165) is 61.4 Å². The first-order chi connectivity index (χ1) is 11.6. The average molecular weight is 325 g/mol. The fraction of sp³-hybridized carbons (Fsp3) is 0.474. The number of rotatable bonds is 2. The van der Waals surface area contributed by atoms with Gasteiger partial charge in [0.2, 0.25) is 0 Å². The molecule has 4 rings (SSSR count). The van der Waals surface area contributed by atoms with E-state index in [1.165, 1.54) is 0 Å². The third-order valence-corrected chi connectivity index (χ3v) is 5.28. The summed E-state index contributed by atoms with van der Waals surface area (Å²) in [7, 11) is 3.90. The second kappa shape index (κ2) is 5.74. The van der Waals surface area contributed by atoms with Gasteiger partial charge in [-0.3, -0.25) is 4.79 Å². The van der Waals surface area contributed by atoms with Gasteiger partial charge in [0.1, 0.15) is 5.82 Å². The van der Waals surface area contributed by atoms with Gasteiger partial charge >= 0.3 is 0 Å². The quantitative estimate of drug-likeness (QED) is 0.851. The van der Waals surface area contributed by atoms with Crippen molar-refractivity contribution >= 4 is 22.6 Å². The lowest BCUT2D eigenvalue weighted by atomic mass is 9.73. The number of ether oxygens (including phenoxy) is 1. The summed E-state index contributed by atoms with van der Waals surface area (Å²) < 4.78 is 5.46. The Morgan fingerprint density at radius 2 is 1.92 bits per heavy atom. The van der Waals surface area contributed by atoms with E-state index in [4.69, 9.17) is 4.74 Å². The zero-order chi connectivity index (χ0) is 16.7. The number of benzene rings is 1. The van der Waals surface area contributed by atoms with E-state index in [1.807, 2.05) is 54.2 Å². The third-order valence-electron chi connectivity index (χ3n) is 5.28. The summed E-state index contributed by atoms with van der Waals surface area (Å²) in [5.74, 6) is 0.937. The van der Waals surface area contributed by atoms with Crippen LogP contribution < -0.4 is 4.90 Å². The molecule has 5 heteroatoms. The van der Waals surface area contributed by atoms with Crippen LogP contribution in [0.5, 0.6) is 0 Å². The zero-order valence-electron chi connectivity index (χ0n) is 14.3. The number of carbonyl (C=O) groups is 1. The Labute approximate surface area is 142 Å². The van der Waals surface area contributed by atoms with Gasteiger partial charge in [-0.1, -0.05) is 18.2 Å². The lowest BCUT2D eigenvalue weighted by Gasteiger charge is -2.52. The molecule has 0 N–H and O–H groups in total. The lowest BCUT2D eigenvalue weighted by molar-refractivity contribution is -0.0665. The molecule has 1 spiro atoms. The molecule has 2 aliphatic rings. The maximum atomic E-state index is 13.1. The molecule has 2 aliphatic heterocycles. The number of likely N-dealkylation sites (tertiary alicyclic amines) is 1. The number of hydrogen-bond donors (Lipinski definition) is 0. The molecule has 0 radical (unpaired) electrons. The molecule has 0 saturated carbocycles. The number of para-hydroxylation sites is 1. The summed E-state index contributed by atoms with van der Waals surface area (Å²) in [6, 6.07) is 9.80. The Hall–Kier alpha value is -2.14. The monoisotopic (exact) mass is 325 g/mol. The van der Waals surface area contributed by atoms with Crippen LogP contribution >= 0.6 is 0 Å². The molecule has 0 aliphatic carbocycles. The number of aromatic nitrogens is 1. The van der Waals surface area contributed by atoms with Crippen LogP contribution in [0.2, 0.25) is 0 Å². The van der Waals surface area contributed by atoms with Crippen molar-refractivity contribution in [3.05, 3.63) is 35.9 Å². The molecule has 0 unspecified atom stereocenters. The van der Waals surface area contributed by atoms with Crippen molar-refractivity contribution in [2.24, 2.45) is 5.41 Å². The van der Waals surface area contributed by atoms with Crippen LogP contribution in [0.3, 0.4) is 0 Å². The van der Waals surface area contributed by atoms with Gasteiger partial charge in [-0.25, -0.2) is 4.98 Å². The van der Waals surface area contributed by atoms with Crippen molar-refractivity contribution in [3.8, 4) is 0 Å². The van der Waals surface area contributed by atoms with Crippen LogP contribution in [-0.4, -0.2) is 56.2 Å². The molecule has 0 atom stereocenters. The van der Waals surface area contributed by atoms with E-state index < -0.39 is 0 Å². The van der Waals surface area contributed by atoms with Crippen molar-refractivity contribution in [2.75, 3.05) is 45.3 Å². The molecule has 126 valence electrons. The molecule has 1 amide bonds. The SMILES string of the molecule is CN(C)c1cc(C(=O)N2CC3(CCOCC3)C2)c2ccccc2n1. The van der Waals surface area contributed by atoms with Crippen molar-refractivity contribution < 1.29 is 9.53 Å². The predicted molar refractivity (Wildman–Crippen MR) is 94.5 cm³/mol. The Morgan fingerprint density at radius 3 is 2.62 bits per heavy atom. The molecule has 1 aromatic heterocycles. The second-order valence-electron chi connectivity index (χ2n) is 7.21. The second-order valence-corrected chi connectivity index (χ2v) is 7.21. The van der Waals surface area contributed by atoms with E-state index in [-0.39, 0.29) is 5.91 Å². The molecular weight excluding hydrogens is 302 g/mol. The predicted octanol–water partition coefficient (Wildman–Crippen LogP) is 2.55. The van der Waals surface area contributed by atoms with E-state index in [1.54, 1.807) is 0 Å². The van der Waals surface area contributed by atoms with Gasteiger partial charge in [0.15, 0.2) is 0 Å². The highest BCUT2D eigenvalue weighted by Gasteiger charge is 2.46. The number of fused-ring (bicyclic) bond motifs is 1. The smallest absolute Gasteiger partial charge is 0.254 e. The molecule has 0 bridgehead atoms. The van der Waals surface area contributed by atoms with E-state index >= 15 is 0 Å². The largest absolute Gasteiger partial charge is 0.381 e. The third kappa shape index (κ3) is 2.53. The number of amides is 1. The van der Waals surface area contributed by atoms with E-state index in [2.05, 4.69) is 4.98 Å². The number of nitrogens with zero attached hydrogens (tertiary/aromatic N) is 3. The summed E-state index contributed by atoms with van der Waals surface area (Å²) in [4.78, 5) is 21.7. The Kier molecular flexibility index (Phi) is 3.68. The highest BCUT2D eigenvalue weighted by molar-refractivity contribution is 6.07. The zero-order valence-corrected chi connectivity index (χ0v) is 14.3. The molecule has 3 heterocycles. The van der Waals surface area contributed by atoms with Gasteiger partial charge in [0, 0.05) is 51.2 Å². The molecular formula is C19H23N3O2. The minimum absolute atomic E-state index is 0.119. The highest BCUT2D eigenvalue weighted by atomic mass is 16.5.